The Hall–Kier alpha value is -1.42. The Labute approximate surface area is 121 Å². The lowest BCUT2D eigenvalue weighted by Gasteiger charge is -2.39. The molecule has 1 saturated heterocycles. The van der Waals surface area contributed by atoms with Crippen molar-refractivity contribution in [3.63, 3.8) is 0 Å². The second-order valence-corrected chi connectivity index (χ2v) is 5.89. The van der Waals surface area contributed by atoms with E-state index < -0.39 is 0 Å². The van der Waals surface area contributed by atoms with Crippen molar-refractivity contribution in [2.75, 3.05) is 43.9 Å². The minimum Gasteiger partial charge on any atom is -0.495 e. The van der Waals surface area contributed by atoms with Gasteiger partial charge < -0.3 is 15.4 Å². The Morgan fingerprint density at radius 2 is 1.80 bits per heavy atom. The first kappa shape index (κ1) is 13.6. The third kappa shape index (κ3) is 2.70. The van der Waals surface area contributed by atoms with Crippen molar-refractivity contribution >= 4 is 11.4 Å². The zero-order valence-electron chi connectivity index (χ0n) is 12.3. The number of piperazine rings is 1. The van der Waals surface area contributed by atoms with Gasteiger partial charge in [0.15, 0.2) is 0 Å². The first-order valence-corrected chi connectivity index (χ1v) is 7.70. The summed E-state index contributed by atoms with van der Waals surface area (Å²) < 4.78 is 5.32. The SMILES string of the molecule is COc1cc(N2CCN(C3CCCC3)CC2)ccc1N. The predicted octanol–water partition coefficient (Wildman–Crippen LogP) is 2.34. The van der Waals surface area contributed by atoms with E-state index in [1.54, 1.807) is 7.11 Å². The fourth-order valence-electron chi connectivity index (χ4n) is 3.51. The predicted molar refractivity (Wildman–Crippen MR) is 83.4 cm³/mol. The van der Waals surface area contributed by atoms with Gasteiger partial charge in [-0.15, -0.1) is 0 Å². The fourth-order valence-corrected chi connectivity index (χ4v) is 3.51. The molecule has 20 heavy (non-hydrogen) atoms. The molecule has 0 bridgehead atoms. The minimum absolute atomic E-state index is 0.709. The molecule has 0 aromatic heterocycles. The van der Waals surface area contributed by atoms with Gasteiger partial charge in [-0.25, -0.2) is 0 Å². The van der Waals surface area contributed by atoms with Crippen LogP contribution in [0.2, 0.25) is 0 Å². The van der Waals surface area contributed by atoms with Crippen LogP contribution in [0.1, 0.15) is 25.7 Å². The van der Waals surface area contributed by atoms with E-state index in [9.17, 15) is 0 Å². The van der Waals surface area contributed by atoms with Crippen molar-refractivity contribution in [2.24, 2.45) is 0 Å². The number of nitrogen functional groups attached to an aromatic ring is 1. The zero-order valence-corrected chi connectivity index (χ0v) is 12.3. The third-order valence-corrected chi connectivity index (χ3v) is 4.74. The van der Waals surface area contributed by atoms with E-state index in [1.807, 2.05) is 6.07 Å². The number of anilines is 2. The van der Waals surface area contributed by atoms with Gasteiger partial charge in [-0.2, -0.15) is 0 Å². The highest BCUT2D eigenvalue weighted by Crippen LogP contribution is 2.29. The molecule has 0 atom stereocenters. The molecule has 0 radical (unpaired) electrons. The van der Waals surface area contributed by atoms with Crippen LogP contribution in [0.3, 0.4) is 0 Å². The van der Waals surface area contributed by atoms with Gasteiger partial charge in [0.2, 0.25) is 0 Å². The van der Waals surface area contributed by atoms with Gasteiger partial charge in [0.25, 0.3) is 0 Å². The van der Waals surface area contributed by atoms with Crippen LogP contribution in [0.25, 0.3) is 0 Å². The first-order valence-electron chi connectivity index (χ1n) is 7.70. The fraction of sp³-hybridized carbons (Fsp3) is 0.625. The van der Waals surface area contributed by atoms with E-state index in [1.165, 1.54) is 44.5 Å². The number of hydrogen-bond acceptors (Lipinski definition) is 4. The van der Waals surface area contributed by atoms with E-state index in [0.717, 1.165) is 24.9 Å². The normalized spacial score (nSPS) is 21.4. The summed E-state index contributed by atoms with van der Waals surface area (Å²) in [7, 11) is 1.67. The maximum Gasteiger partial charge on any atom is 0.143 e. The lowest BCUT2D eigenvalue weighted by Crippen LogP contribution is -2.49. The molecule has 1 aliphatic heterocycles. The summed E-state index contributed by atoms with van der Waals surface area (Å²) in [6.07, 6.45) is 5.63. The van der Waals surface area contributed by atoms with Crippen LogP contribution in [-0.4, -0.2) is 44.2 Å². The highest BCUT2D eigenvalue weighted by atomic mass is 16.5. The number of nitrogens with two attached hydrogens (primary N) is 1. The second-order valence-electron chi connectivity index (χ2n) is 5.89. The molecule has 2 fully saturated rings. The van der Waals surface area contributed by atoms with Crippen LogP contribution < -0.4 is 15.4 Å². The van der Waals surface area contributed by atoms with Gasteiger partial charge >= 0.3 is 0 Å². The molecule has 2 N–H and O–H groups in total. The molecule has 4 heteroatoms. The van der Waals surface area contributed by atoms with Crippen LogP contribution in [-0.2, 0) is 0 Å². The molecule has 0 unspecified atom stereocenters. The Kier molecular flexibility index (Phi) is 4.01. The Bertz CT molecular complexity index is 449. The molecule has 1 saturated carbocycles. The van der Waals surface area contributed by atoms with Crippen molar-refractivity contribution < 1.29 is 4.74 Å². The van der Waals surface area contributed by atoms with Crippen molar-refractivity contribution in [1.29, 1.82) is 0 Å². The maximum absolute atomic E-state index is 5.88. The average Bonchev–Trinajstić information content (AvgIpc) is 3.02. The van der Waals surface area contributed by atoms with Crippen LogP contribution in [0, 0.1) is 0 Å². The summed E-state index contributed by atoms with van der Waals surface area (Å²) >= 11 is 0. The summed E-state index contributed by atoms with van der Waals surface area (Å²) in [6.45, 7) is 4.56. The molecular formula is C16H25N3O. The lowest BCUT2D eigenvalue weighted by molar-refractivity contribution is 0.187. The first-order chi connectivity index (χ1) is 9.78. The molecule has 1 heterocycles. The molecule has 2 aliphatic rings. The van der Waals surface area contributed by atoms with Crippen LogP contribution in [0.4, 0.5) is 11.4 Å². The van der Waals surface area contributed by atoms with E-state index >= 15 is 0 Å². The van der Waals surface area contributed by atoms with E-state index in [-0.39, 0.29) is 0 Å². The largest absolute Gasteiger partial charge is 0.495 e. The van der Waals surface area contributed by atoms with E-state index in [0.29, 0.717) is 5.69 Å². The molecule has 1 aromatic rings. The Morgan fingerprint density at radius 3 is 2.45 bits per heavy atom. The molecule has 0 spiro atoms. The van der Waals surface area contributed by atoms with Crippen LogP contribution in [0.15, 0.2) is 18.2 Å². The minimum atomic E-state index is 0.709. The summed E-state index contributed by atoms with van der Waals surface area (Å²) in [4.78, 5) is 5.12. The Balaban J connectivity index is 1.62. The van der Waals surface area contributed by atoms with Gasteiger partial charge in [0.1, 0.15) is 5.75 Å². The number of rotatable bonds is 3. The molecule has 1 aliphatic carbocycles. The second kappa shape index (κ2) is 5.92. The van der Waals surface area contributed by atoms with Crippen LogP contribution in [0.5, 0.6) is 5.75 Å². The molecule has 3 rings (SSSR count). The summed E-state index contributed by atoms with van der Waals surface area (Å²) in [5, 5.41) is 0. The highest BCUT2D eigenvalue weighted by Gasteiger charge is 2.26. The number of hydrogen-bond donors (Lipinski definition) is 1. The summed E-state index contributed by atoms with van der Waals surface area (Å²) in [5.74, 6) is 0.778. The van der Waals surface area contributed by atoms with Crippen molar-refractivity contribution in [3.8, 4) is 5.75 Å². The molecule has 0 amide bonds. The van der Waals surface area contributed by atoms with Crippen molar-refractivity contribution in [1.82, 2.24) is 4.90 Å². The third-order valence-electron chi connectivity index (χ3n) is 4.74. The van der Waals surface area contributed by atoms with Crippen molar-refractivity contribution in [2.45, 2.75) is 31.7 Å². The van der Waals surface area contributed by atoms with E-state index in [2.05, 4.69) is 21.9 Å². The number of benzene rings is 1. The number of methoxy groups -OCH3 is 1. The van der Waals surface area contributed by atoms with Gasteiger partial charge in [0, 0.05) is 44.0 Å². The van der Waals surface area contributed by atoms with Gasteiger partial charge in [-0.05, 0) is 25.0 Å². The molecule has 110 valence electrons. The quantitative estimate of drug-likeness (QED) is 0.860. The highest BCUT2D eigenvalue weighted by molar-refractivity contribution is 5.62. The van der Waals surface area contributed by atoms with Crippen LogP contribution >= 0.6 is 0 Å². The summed E-state index contributed by atoms with van der Waals surface area (Å²) in [5.41, 5.74) is 7.82. The summed E-state index contributed by atoms with van der Waals surface area (Å²) in [6, 6.07) is 6.94. The molecule has 4 nitrogen and oxygen atoms in total. The van der Waals surface area contributed by atoms with E-state index in [4.69, 9.17) is 10.5 Å². The lowest BCUT2D eigenvalue weighted by atomic mass is 10.1. The van der Waals surface area contributed by atoms with Gasteiger partial charge in [-0.1, -0.05) is 12.8 Å². The number of ether oxygens (including phenoxy) is 1. The monoisotopic (exact) mass is 275 g/mol. The average molecular weight is 275 g/mol. The maximum atomic E-state index is 5.88. The molecular weight excluding hydrogens is 250 g/mol. The smallest absolute Gasteiger partial charge is 0.143 e. The van der Waals surface area contributed by atoms with Crippen molar-refractivity contribution in [3.05, 3.63) is 18.2 Å². The standard InChI is InChI=1S/C16H25N3O/c1-20-16-12-14(6-7-15(16)17)19-10-8-18(9-11-19)13-4-2-3-5-13/h6-7,12-13H,2-5,8-11,17H2,1H3. The topological polar surface area (TPSA) is 41.7 Å². The molecule has 1 aromatic carbocycles. The number of nitrogens with zero attached hydrogens (tertiary/aromatic N) is 2. The van der Waals surface area contributed by atoms with Gasteiger partial charge in [-0.3, -0.25) is 4.90 Å². The zero-order chi connectivity index (χ0) is 13.9. The van der Waals surface area contributed by atoms with Gasteiger partial charge in [0.05, 0.1) is 12.8 Å². The Morgan fingerprint density at radius 1 is 1.10 bits per heavy atom.